The molecular formula is C15H20ClNO3. The van der Waals surface area contributed by atoms with Crippen molar-refractivity contribution < 1.29 is 14.2 Å². The summed E-state index contributed by atoms with van der Waals surface area (Å²) >= 11 is 6.49. The van der Waals surface area contributed by atoms with E-state index >= 15 is 0 Å². The molecule has 0 amide bonds. The Balaban J connectivity index is 1.93. The van der Waals surface area contributed by atoms with Crippen molar-refractivity contribution in [3.63, 3.8) is 0 Å². The van der Waals surface area contributed by atoms with E-state index in [1.54, 1.807) is 7.11 Å². The molecule has 0 aromatic heterocycles. The monoisotopic (exact) mass is 297 g/mol. The average Bonchev–Trinajstić information content (AvgIpc) is 2.51. The van der Waals surface area contributed by atoms with Crippen molar-refractivity contribution in [1.29, 1.82) is 0 Å². The Bertz CT molecular complexity index is 486. The Hall–Kier alpha value is -1.13. The van der Waals surface area contributed by atoms with Crippen LogP contribution in [0.1, 0.15) is 18.4 Å². The predicted molar refractivity (Wildman–Crippen MR) is 78.3 cm³/mol. The van der Waals surface area contributed by atoms with Crippen LogP contribution in [0, 0.1) is 5.92 Å². The minimum absolute atomic E-state index is 0.574. The lowest BCUT2D eigenvalue weighted by Gasteiger charge is -2.27. The molecule has 0 spiro atoms. The minimum atomic E-state index is 0.574. The van der Waals surface area contributed by atoms with Gasteiger partial charge in [-0.2, -0.15) is 0 Å². The third kappa shape index (κ3) is 2.67. The van der Waals surface area contributed by atoms with E-state index in [1.165, 1.54) is 12.8 Å². The number of fused-ring (bicyclic) bond motifs is 1. The standard InChI is InChI=1S/C15H20ClNO3/c1-18-12-9-13-15(20-7-6-19-13)11(14(12)16)8-10-2-4-17-5-3-10/h9-10,17H,2-8H2,1H3. The van der Waals surface area contributed by atoms with Gasteiger partial charge in [-0.05, 0) is 38.3 Å². The van der Waals surface area contributed by atoms with Crippen molar-refractivity contribution in [2.24, 2.45) is 5.92 Å². The lowest BCUT2D eigenvalue weighted by molar-refractivity contribution is 0.168. The highest BCUT2D eigenvalue weighted by Gasteiger charge is 2.25. The number of methoxy groups -OCH3 is 1. The third-order valence-corrected chi connectivity index (χ3v) is 4.41. The predicted octanol–water partition coefficient (Wildman–Crippen LogP) is 2.66. The fraction of sp³-hybridized carbons (Fsp3) is 0.600. The van der Waals surface area contributed by atoms with Gasteiger partial charge in [0.15, 0.2) is 11.5 Å². The normalized spacial score (nSPS) is 18.9. The van der Waals surface area contributed by atoms with Gasteiger partial charge >= 0.3 is 0 Å². The molecule has 0 unspecified atom stereocenters. The fourth-order valence-corrected chi connectivity index (χ4v) is 3.21. The minimum Gasteiger partial charge on any atom is -0.495 e. The summed E-state index contributed by atoms with van der Waals surface area (Å²) in [6.45, 7) is 3.30. The zero-order valence-corrected chi connectivity index (χ0v) is 12.5. The molecule has 0 atom stereocenters. The number of benzene rings is 1. The number of halogens is 1. The molecule has 4 nitrogen and oxygen atoms in total. The summed E-state index contributed by atoms with van der Waals surface area (Å²) in [4.78, 5) is 0. The average molecular weight is 298 g/mol. The Labute approximate surface area is 124 Å². The molecule has 0 radical (unpaired) electrons. The third-order valence-electron chi connectivity index (χ3n) is 4.00. The molecule has 2 aliphatic rings. The number of hydrogen-bond acceptors (Lipinski definition) is 4. The van der Waals surface area contributed by atoms with Gasteiger partial charge in [-0.1, -0.05) is 11.6 Å². The van der Waals surface area contributed by atoms with Crippen LogP contribution in [0.25, 0.3) is 0 Å². The van der Waals surface area contributed by atoms with E-state index in [9.17, 15) is 0 Å². The number of piperidine rings is 1. The van der Waals surface area contributed by atoms with Crippen LogP contribution in [-0.4, -0.2) is 33.4 Å². The number of ether oxygens (including phenoxy) is 3. The first kappa shape index (κ1) is 13.8. The zero-order chi connectivity index (χ0) is 13.9. The number of hydrogen-bond donors (Lipinski definition) is 1. The molecule has 0 bridgehead atoms. The summed E-state index contributed by atoms with van der Waals surface area (Å²) < 4.78 is 16.8. The van der Waals surface area contributed by atoms with Crippen LogP contribution in [0.15, 0.2) is 6.07 Å². The second kappa shape index (κ2) is 6.10. The quantitative estimate of drug-likeness (QED) is 0.931. The topological polar surface area (TPSA) is 39.7 Å². The van der Waals surface area contributed by atoms with E-state index in [2.05, 4.69) is 5.32 Å². The molecule has 5 heteroatoms. The van der Waals surface area contributed by atoms with Gasteiger partial charge in [0.1, 0.15) is 19.0 Å². The summed E-state index contributed by atoms with van der Waals surface area (Å²) in [6, 6.07) is 1.82. The smallest absolute Gasteiger partial charge is 0.166 e. The van der Waals surface area contributed by atoms with E-state index < -0.39 is 0 Å². The van der Waals surface area contributed by atoms with Crippen LogP contribution in [-0.2, 0) is 6.42 Å². The van der Waals surface area contributed by atoms with E-state index in [1.807, 2.05) is 6.07 Å². The van der Waals surface area contributed by atoms with Crippen molar-refractivity contribution >= 4 is 11.6 Å². The number of nitrogens with one attached hydrogen (secondary N) is 1. The van der Waals surface area contributed by atoms with Gasteiger partial charge in [0.25, 0.3) is 0 Å². The maximum absolute atomic E-state index is 6.49. The van der Waals surface area contributed by atoms with Crippen molar-refractivity contribution in [3.8, 4) is 17.2 Å². The highest BCUT2D eigenvalue weighted by molar-refractivity contribution is 6.33. The molecule has 1 aromatic rings. The summed E-state index contributed by atoms with van der Waals surface area (Å²) in [5.41, 5.74) is 1.03. The molecule has 20 heavy (non-hydrogen) atoms. The van der Waals surface area contributed by atoms with Crippen LogP contribution in [0.3, 0.4) is 0 Å². The van der Waals surface area contributed by atoms with Crippen LogP contribution in [0.2, 0.25) is 5.02 Å². The van der Waals surface area contributed by atoms with Gasteiger partial charge in [0, 0.05) is 11.6 Å². The molecule has 1 fully saturated rings. The summed E-state index contributed by atoms with van der Waals surface area (Å²) in [5.74, 6) is 2.86. The van der Waals surface area contributed by atoms with E-state index in [0.717, 1.165) is 36.6 Å². The second-order valence-electron chi connectivity index (χ2n) is 5.29. The van der Waals surface area contributed by atoms with Gasteiger partial charge in [0.2, 0.25) is 0 Å². The SMILES string of the molecule is COc1cc2c(c(CC3CCNCC3)c1Cl)OCCO2. The molecule has 1 N–H and O–H groups in total. The first-order chi connectivity index (χ1) is 9.79. The van der Waals surface area contributed by atoms with Crippen molar-refractivity contribution in [1.82, 2.24) is 5.32 Å². The van der Waals surface area contributed by atoms with E-state index in [0.29, 0.717) is 29.9 Å². The molecule has 3 rings (SSSR count). The van der Waals surface area contributed by atoms with Gasteiger partial charge in [-0.25, -0.2) is 0 Å². The highest BCUT2D eigenvalue weighted by Crippen LogP contribution is 2.45. The molecule has 1 aromatic carbocycles. The maximum Gasteiger partial charge on any atom is 0.166 e. The number of rotatable bonds is 3. The van der Waals surface area contributed by atoms with Gasteiger partial charge in [-0.3, -0.25) is 0 Å². The van der Waals surface area contributed by atoms with Gasteiger partial charge < -0.3 is 19.5 Å². The molecule has 2 heterocycles. The molecular weight excluding hydrogens is 278 g/mol. The van der Waals surface area contributed by atoms with Crippen molar-refractivity contribution in [2.45, 2.75) is 19.3 Å². The van der Waals surface area contributed by atoms with Crippen LogP contribution < -0.4 is 19.5 Å². The summed E-state index contributed by atoms with van der Waals surface area (Å²) in [7, 11) is 1.63. The first-order valence-electron chi connectivity index (χ1n) is 7.15. The van der Waals surface area contributed by atoms with E-state index in [-0.39, 0.29) is 0 Å². The van der Waals surface area contributed by atoms with Crippen LogP contribution in [0.5, 0.6) is 17.2 Å². The Kier molecular flexibility index (Phi) is 4.22. The molecule has 0 aliphatic carbocycles. The summed E-state index contributed by atoms with van der Waals surface area (Å²) in [5, 5.41) is 4.05. The molecule has 0 saturated carbocycles. The summed E-state index contributed by atoms with van der Waals surface area (Å²) in [6.07, 6.45) is 3.26. The highest BCUT2D eigenvalue weighted by atomic mass is 35.5. The van der Waals surface area contributed by atoms with E-state index in [4.69, 9.17) is 25.8 Å². The second-order valence-corrected chi connectivity index (χ2v) is 5.67. The van der Waals surface area contributed by atoms with Gasteiger partial charge in [0.05, 0.1) is 12.1 Å². The fourth-order valence-electron chi connectivity index (χ4n) is 2.91. The molecule has 1 saturated heterocycles. The van der Waals surface area contributed by atoms with Gasteiger partial charge in [-0.15, -0.1) is 0 Å². The maximum atomic E-state index is 6.49. The Morgan fingerprint density at radius 2 is 2.05 bits per heavy atom. The zero-order valence-electron chi connectivity index (χ0n) is 11.7. The lowest BCUT2D eigenvalue weighted by atomic mass is 9.90. The van der Waals surface area contributed by atoms with Crippen molar-refractivity contribution in [2.75, 3.05) is 33.4 Å². The molecule has 110 valence electrons. The largest absolute Gasteiger partial charge is 0.495 e. The molecule has 2 aliphatic heterocycles. The lowest BCUT2D eigenvalue weighted by Crippen LogP contribution is -2.29. The van der Waals surface area contributed by atoms with Crippen LogP contribution >= 0.6 is 11.6 Å². The Morgan fingerprint density at radius 1 is 1.30 bits per heavy atom. The van der Waals surface area contributed by atoms with Crippen LogP contribution in [0.4, 0.5) is 0 Å². The Morgan fingerprint density at radius 3 is 2.80 bits per heavy atom. The first-order valence-corrected chi connectivity index (χ1v) is 7.53. The van der Waals surface area contributed by atoms with Crippen molar-refractivity contribution in [3.05, 3.63) is 16.7 Å².